The van der Waals surface area contributed by atoms with Crippen LogP contribution in [0.5, 0.6) is 0 Å². The number of aromatic nitrogens is 3. The Hall–Kier alpha value is -3.13. The van der Waals surface area contributed by atoms with Crippen LogP contribution in [0.3, 0.4) is 0 Å². The molecule has 5 N–H and O–H groups in total. The van der Waals surface area contributed by atoms with Gasteiger partial charge in [-0.15, -0.1) is 11.3 Å². The molecule has 8 heteroatoms. The number of pyridine rings is 1. The molecule has 0 radical (unpaired) electrons. The number of nitrogens with zero attached hydrogens (tertiary/aromatic N) is 1. The SMILES string of the molecule is Cc1cc(=O)[nH]c2sc(C(=O)Nc3nc4ccccc4[nH]3)c(N)c12. The van der Waals surface area contributed by atoms with Crippen molar-refractivity contribution in [2.45, 2.75) is 6.92 Å². The van der Waals surface area contributed by atoms with Crippen LogP contribution in [0.2, 0.25) is 0 Å². The van der Waals surface area contributed by atoms with Crippen LogP contribution in [0.25, 0.3) is 21.3 Å². The lowest BCUT2D eigenvalue weighted by Gasteiger charge is -2.00. The number of nitrogens with two attached hydrogens (primary N) is 1. The highest BCUT2D eigenvalue weighted by Crippen LogP contribution is 2.34. The monoisotopic (exact) mass is 339 g/mol. The summed E-state index contributed by atoms with van der Waals surface area (Å²) in [5.74, 6) is -0.0173. The molecule has 120 valence electrons. The molecule has 0 bridgehead atoms. The number of amides is 1. The Bertz CT molecular complexity index is 1120. The highest BCUT2D eigenvalue weighted by molar-refractivity contribution is 7.21. The number of nitrogen functional groups attached to an aromatic ring is 1. The van der Waals surface area contributed by atoms with E-state index in [1.165, 1.54) is 6.07 Å². The topological polar surface area (TPSA) is 117 Å². The molecule has 0 saturated carbocycles. The fraction of sp³-hybridized carbons (Fsp3) is 0.0625. The van der Waals surface area contributed by atoms with Crippen LogP contribution in [-0.4, -0.2) is 20.9 Å². The summed E-state index contributed by atoms with van der Waals surface area (Å²) in [4.78, 5) is 35.1. The summed E-state index contributed by atoms with van der Waals surface area (Å²) >= 11 is 1.15. The smallest absolute Gasteiger partial charge is 0.270 e. The van der Waals surface area contributed by atoms with Crippen molar-refractivity contribution in [1.82, 2.24) is 15.0 Å². The number of rotatable bonds is 2. The lowest BCUT2D eigenvalue weighted by Crippen LogP contribution is -2.13. The zero-order valence-corrected chi connectivity index (χ0v) is 13.5. The number of nitrogens with one attached hydrogen (secondary N) is 3. The van der Waals surface area contributed by atoms with Gasteiger partial charge in [-0.05, 0) is 24.6 Å². The minimum atomic E-state index is -0.368. The maximum atomic E-state index is 12.5. The number of hydrogen-bond acceptors (Lipinski definition) is 5. The van der Waals surface area contributed by atoms with E-state index in [-0.39, 0.29) is 11.5 Å². The predicted octanol–water partition coefficient (Wildman–Crippen LogP) is 2.61. The number of hydrogen-bond donors (Lipinski definition) is 4. The number of thiophene rings is 1. The van der Waals surface area contributed by atoms with E-state index in [0.717, 1.165) is 27.9 Å². The Labute approximate surface area is 139 Å². The third kappa shape index (κ3) is 2.24. The van der Waals surface area contributed by atoms with Crippen molar-refractivity contribution < 1.29 is 4.79 Å². The molecule has 0 aliphatic carbocycles. The minimum Gasteiger partial charge on any atom is -0.397 e. The molecule has 0 atom stereocenters. The van der Waals surface area contributed by atoms with Crippen molar-refractivity contribution in [2.75, 3.05) is 11.1 Å². The molecular weight excluding hydrogens is 326 g/mol. The maximum Gasteiger partial charge on any atom is 0.270 e. The number of anilines is 2. The highest BCUT2D eigenvalue weighted by atomic mass is 32.1. The van der Waals surface area contributed by atoms with Gasteiger partial charge in [0.2, 0.25) is 11.5 Å². The Balaban J connectivity index is 1.74. The van der Waals surface area contributed by atoms with Gasteiger partial charge in [0.25, 0.3) is 5.91 Å². The number of para-hydroxylation sites is 2. The number of fused-ring (bicyclic) bond motifs is 2. The first-order chi connectivity index (χ1) is 11.5. The van der Waals surface area contributed by atoms with Gasteiger partial charge >= 0.3 is 0 Å². The van der Waals surface area contributed by atoms with Crippen LogP contribution in [0.1, 0.15) is 15.2 Å². The Morgan fingerprint density at radius 1 is 1.29 bits per heavy atom. The lowest BCUT2D eigenvalue weighted by atomic mass is 10.2. The summed E-state index contributed by atoms with van der Waals surface area (Å²) in [6.45, 7) is 1.79. The largest absolute Gasteiger partial charge is 0.397 e. The van der Waals surface area contributed by atoms with E-state index in [0.29, 0.717) is 26.7 Å². The molecule has 0 aliphatic heterocycles. The molecule has 0 unspecified atom stereocenters. The number of carbonyl (C=O) groups excluding carboxylic acids is 1. The molecule has 1 aromatic carbocycles. The zero-order valence-electron chi connectivity index (χ0n) is 12.6. The summed E-state index contributed by atoms with van der Waals surface area (Å²) in [6.07, 6.45) is 0. The van der Waals surface area contributed by atoms with Gasteiger partial charge in [0.15, 0.2) is 0 Å². The average Bonchev–Trinajstić information content (AvgIpc) is 3.07. The second-order valence-corrected chi connectivity index (χ2v) is 6.44. The minimum absolute atomic E-state index is 0.217. The first-order valence-electron chi connectivity index (χ1n) is 7.21. The molecule has 0 saturated heterocycles. The van der Waals surface area contributed by atoms with E-state index in [1.807, 2.05) is 24.3 Å². The Morgan fingerprint density at radius 2 is 2.08 bits per heavy atom. The summed E-state index contributed by atoms with van der Waals surface area (Å²) < 4.78 is 0. The quantitative estimate of drug-likeness (QED) is 0.449. The molecule has 24 heavy (non-hydrogen) atoms. The molecule has 0 aliphatic rings. The van der Waals surface area contributed by atoms with Crippen molar-refractivity contribution in [3.05, 3.63) is 51.1 Å². The fourth-order valence-corrected chi connectivity index (χ4v) is 3.77. The lowest BCUT2D eigenvalue weighted by molar-refractivity contribution is 0.103. The van der Waals surface area contributed by atoms with Gasteiger partial charge in [-0.3, -0.25) is 14.9 Å². The van der Waals surface area contributed by atoms with Crippen molar-refractivity contribution in [1.29, 1.82) is 0 Å². The van der Waals surface area contributed by atoms with Gasteiger partial charge in [0.1, 0.15) is 9.71 Å². The molecule has 7 nitrogen and oxygen atoms in total. The third-order valence-corrected chi connectivity index (χ3v) is 4.87. The van der Waals surface area contributed by atoms with Gasteiger partial charge in [0, 0.05) is 11.5 Å². The van der Waals surface area contributed by atoms with Crippen molar-refractivity contribution >= 4 is 50.1 Å². The summed E-state index contributed by atoms with van der Waals surface area (Å²) in [6, 6.07) is 8.95. The standard InChI is InChI=1S/C16H13N5O2S/c1-7-6-10(22)20-15-11(7)12(17)13(24-15)14(23)21-16-18-8-4-2-3-5-9(8)19-16/h2-6H,17H2,1H3,(H,20,22)(H2,18,19,21,23). The fourth-order valence-electron chi connectivity index (χ4n) is 2.69. The summed E-state index contributed by atoms with van der Waals surface area (Å²) in [5.41, 5.74) is 8.59. The van der Waals surface area contributed by atoms with E-state index < -0.39 is 0 Å². The number of aryl methyl sites for hydroxylation is 1. The molecule has 4 rings (SSSR count). The van der Waals surface area contributed by atoms with Crippen LogP contribution in [-0.2, 0) is 0 Å². The van der Waals surface area contributed by atoms with Gasteiger partial charge in [-0.1, -0.05) is 12.1 Å². The maximum absolute atomic E-state index is 12.5. The normalized spacial score (nSPS) is 11.2. The summed E-state index contributed by atoms with van der Waals surface area (Å²) in [7, 11) is 0. The van der Waals surface area contributed by atoms with Crippen LogP contribution >= 0.6 is 11.3 Å². The number of aromatic amines is 2. The van der Waals surface area contributed by atoms with E-state index >= 15 is 0 Å². The van der Waals surface area contributed by atoms with E-state index in [9.17, 15) is 9.59 Å². The predicted molar refractivity (Wildman–Crippen MR) is 95.6 cm³/mol. The van der Waals surface area contributed by atoms with Gasteiger partial charge < -0.3 is 15.7 Å². The van der Waals surface area contributed by atoms with Crippen molar-refractivity contribution in [2.24, 2.45) is 0 Å². The van der Waals surface area contributed by atoms with E-state index in [1.54, 1.807) is 6.92 Å². The molecule has 3 heterocycles. The van der Waals surface area contributed by atoms with Crippen molar-refractivity contribution in [3.8, 4) is 0 Å². The van der Waals surface area contributed by atoms with E-state index in [2.05, 4.69) is 20.3 Å². The molecule has 0 fully saturated rings. The molecule has 4 aromatic rings. The summed E-state index contributed by atoms with van der Waals surface area (Å²) in [5, 5.41) is 3.42. The van der Waals surface area contributed by atoms with Crippen LogP contribution < -0.4 is 16.6 Å². The second-order valence-electron chi connectivity index (χ2n) is 5.42. The Kier molecular flexibility index (Phi) is 3.14. The van der Waals surface area contributed by atoms with Gasteiger partial charge in [0.05, 0.1) is 16.7 Å². The number of carbonyl (C=O) groups is 1. The van der Waals surface area contributed by atoms with Crippen LogP contribution in [0.15, 0.2) is 35.1 Å². The zero-order chi connectivity index (χ0) is 16.8. The van der Waals surface area contributed by atoms with Crippen molar-refractivity contribution in [3.63, 3.8) is 0 Å². The molecule has 3 aromatic heterocycles. The first kappa shape index (κ1) is 14.5. The van der Waals surface area contributed by atoms with E-state index in [4.69, 9.17) is 5.73 Å². The first-order valence-corrected chi connectivity index (χ1v) is 8.02. The van der Waals surface area contributed by atoms with Crippen LogP contribution in [0, 0.1) is 6.92 Å². The number of benzene rings is 1. The second kappa shape index (κ2) is 5.20. The number of H-pyrrole nitrogens is 2. The highest BCUT2D eigenvalue weighted by Gasteiger charge is 2.19. The Morgan fingerprint density at radius 3 is 2.88 bits per heavy atom. The van der Waals surface area contributed by atoms with Gasteiger partial charge in [-0.25, -0.2) is 4.98 Å². The number of imidazole rings is 1. The molecular formula is C16H13N5O2S. The molecule has 1 amide bonds. The van der Waals surface area contributed by atoms with Gasteiger partial charge in [-0.2, -0.15) is 0 Å². The van der Waals surface area contributed by atoms with Crippen LogP contribution in [0.4, 0.5) is 11.6 Å². The third-order valence-electron chi connectivity index (χ3n) is 3.75. The molecule has 0 spiro atoms. The average molecular weight is 339 g/mol.